The molecule has 0 radical (unpaired) electrons. The number of nitrogens with zero attached hydrogens (tertiary/aromatic N) is 4. The summed E-state index contributed by atoms with van der Waals surface area (Å²) in [5.74, 6) is -0.549. The van der Waals surface area contributed by atoms with Crippen LogP contribution in [0.3, 0.4) is 0 Å². The lowest BCUT2D eigenvalue weighted by atomic mass is 10.3. The predicted octanol–water partition coefficient (Wildman–Crippen LogP) is 1.90. The molecule has 1 N–H and O–H groups in total. The monoisotopic (exact) mass is 239 g/mol. The maximum atomic E-state index is 11.2. The first-order valence-corrected chi connectivity index (χ1v) is 5.15. The summed E-state index contributed by atoms with van der Waals surface area (Å²) in [6.45, 7) is 2.84. The molecule has 0 bridgehead atoms. The van der Waals surface area contributed by atoms with Gasteiger partial charge >= 0.3 is 0 Å². The normalized spacial score (nSPS) is 9.38. The highest BCUT2D eigenvalue weighted by molar-refractivity contribution is 7.17. The van der Waals surface area contributed by atoms with Gasteiger partial charge in [-0.15, -0.1) is 0 Å². The Kier molecular flexibility index (Phi) is 3.98. The van der Waals surface area contributed by atoms with Gasteiger partial charge in [0.05, 0.1) is 10.6 Å². The number of carbonyl (C=O) groups is 2. The number of aryl methyl sites for hydroxylation is 1. The number of ketones is 1. The van der Waals surface area contributed by atoms with Crippen LogP contribution in [-0.2, 0) is 4.79 Å². The number of amides is 1. The average molecular weight is 239 g/mol. The zero-order valence-corrected chi connectivity index (χ0v) is 9.54. The molecule has 0 unspecified atom stereocenters. The van der Waals surface area contributed by atoms with Gasteiger partial charge in [-0.25, -0.2) is 4.98 Å². The van der Waals surface area contributed by atoms with Crippen molar-refractivity contribution in [3.63, 3.8) is 0 Å². The Balaban J connectivity index is 2.75. The van der Waals surface area contributed by atoms with Gasteiger partial charge in [-0.05, 0) is 12.5 Å². The zero-order valence-electron chi connectivity index (χ0n) is 8.72. The van der Waals surface area contributed by atoms with Crippen LogP contribution in [0.25, 0.3) is 10.4 Å². The van der Waals surface area contributed by atoms with E-state index in [-0.39, 0.29) is 12.3 Å². The molecule has 0 aromatic carbocycles. The van der Waals surface area contributed by atoms with E-state index in [1.54, 1.807) is 6.92 Å². The van der Waals surface area contributed by atoms with Crippen molar-refractivity contribution in [1.82, 2.24) is 4.98 Å². The lowest BCUT2D eigenvalue weighted by Gasteiger charge is -1.95. The maximum Gasteiger partial charge on any atom is 0.232 e. The summed E-state index contributed by atoms with van der Waals surface area (Å²) in [7, 11) is 0. The molecule has 1 rings (SSSR count). The van der Waals surface area contributed by atoms with E-state index in [0.29, 0.717) is 15.7 Å². The molecule has 0 fully saturated rings. The quantitative estimate of drug-likeness (QED) is 0.375. The summed E-state index contributed by atoms with van der Waals surface area (Å²) in [5.41, 5.74) is 8.60. The molecular formula is C8H9N5O2S. The Morgan fingerprint density at radius 1 is 1.62 bits per heavy atom. The Hall–Kier alpha value is -1.92. The second-order valence-electron chi connectivity index (χ2n) is 2.93. The molecule has 84 valence electrons. The first-order chi connectivity index (χ1) is 7.54. The first kappa shape index (κ1) is 12.2. The number of nitrogens with one attached hydrogen (secondary N) is 1. The molecule has 0 aliphatic carbocycles. The Morgan fingerprint density at radius 2 is 2.31 bits per heavy atom. The van der Waals surface area contributed by atoms with Crippen molar-refractivity contribution < 1.29 is 9.59 Å². The minimum atomic E-state index is -0.457. The van der Waals surface area contributed by atoms with Crippen LogP contribution in [0.5, 0.6) is 0 Å². The third kappa shape index (κ3) is 3.04. The van der Waals surface area contributed by atoms with Crippen molar-refractivity contribution in [3.8, 4) is 0 Å². The lowest BCUT2D eigenvalue weighted by Crippen LogP contribution is -2.13. The van der Waals surface area contributed by atoms with Crippen LogP contribution in [0.2, 0.25) is 0 Å². The number of azide groups is 1. The summed E-state index contributed by atoms with van der Waals surface area (Å²) >= 11 is 1.10. The number of carbonyl (C=O) groups excluding carboxylic acids is 2. The van der Waals surface area contributed by atoms with Gasteiger partial charge in [0.15, 0.2) is 10.9 Å². The van der Waals surface area contributed by atoms with E-state index in [2.05, 4.69) is 20.3 Å². The highest BCUT2D eigenvalue weighted by Crippen LogP contribution is 2.22. The van der Waals surface area contributed by atoms with Crippen LogP contribution in [0.15, 0.2) is 5.11 Å². The smallest absolute Gasteiger partial charge is 0.232 e. The molecule has 0 spiro atoms. The number of rotatable bonds is 4. The molecule has 0 aliphatic heterocycles. The third-order valence-electron chi connectivity index (χ3n) is 1.64. The van der Waals surface area contributed by atoms with Crippen LogP contribution in [0.4, 0.5) is 5.13 Å². The molecule has 1 aromatic rings. The van der Waals surface area contributed by atoms with E-state index in [1.165, 1.54) is 6.92 Å². The first-order valence-electron chi connectivity index (χ1n) is 4.33. The lowest BCUT2D eigenvalue weighted by molar-refractivity contribution is -0.114. The number of aromatic nitrogens is 1. The van der Waals surface area contributed by atoms with E-state index in [9.17, 15) is 9.59 Å². The molecule has 7 nitrogen and oxygen atoms in total. The molecule has 0 saturated heterocycles. The fraction of sp³-hybridized carbons (Fsp3) is 0.375. The average Bonchev–Trinajstić information content (AvgIpc) is 2.56. The number of anilines is 1. The standard InChI is InChI=1S/C8H9N5O2S/c1-4-7(5(2)14)16-8(11-4)12-6(15)3-10-13-9/h3H2,1-2H3,(H,11,12,15). The van der Waals surface area contributed by atoms with E-state index >= 15 is 0 Å². The van der Waals surface area contributed by atoms with Crippen LogP contribution in [0.1, 0.15) is 22.3 Å². The van der Waals surface area contributed by atoms with Crippen LogP contribution < -0.4 is 5.32 Å². The molecule has 1 aromatic heterocycles. The van der Waals surface area contributed by atoms with Gasteiger partial charge in [0, 0.05) is 11.8 Å². The maximum absolute atomic E-state index is 11.2. The fourth-order valence-electron chi connectivity index (χ4n) is 1.03. The fourth-order valence-corrected chi connectivity index (χ4v) is 1.91. The SMILES string of the molecule is CC(=O)c1sc(NC(=O)CN=[N+]=[N-])nc1C. The summed E-state index contributed by atoms with van der Waals surface area (Å²) in [6.07, 6.45) is 0. The zero-order chi connectivity index (χ0) is 12.1. The van der Waals surface area contributed by atoms with Gasteiger partial charge in [-0.1, -0.05) is 16.5 Å². The molecule has 1 amide bonds. The predicted molar refractivity (Wildman–Crippen MR) is 59.5 cm³/mol. The van der Waals surface area contributed by atoms with E-state index in [4.69, 9.17) is 5.53 Å². The topological polar surface area (TPSA) is 108 Å². The van der Waals surface area contributed by atoms with E-state index < -0.39 is 5.91 Å². The highest BCUT2D eigenvalue weighted by atomic mass is 32.1. The van der Waals surface area contributed by atoms with Crippen LogP contribution >= 0.6 is 11.3 Å². The number of Topliss-reactive ketones (excluding diaryl/α,β-unsaturated/α-hetero) is 1. The van der Waals surface area contributed by atoms with Crippen molar-refractivity contribution in [1.29, 1.82) is 0 Å². The van der Waals surface area contributed by atoms with Gasteiger partial charge in [0.25, 0.3) is 0 Å². The van der Waals surface area contributed by atoms with Crippen LogP contribution in [0, 0.1) is 6.92 Å². The highest BCUT2D eigenvalue weighted by Gasteiger charge is 2.12. The molecule has 0 aliphatic rings. The Labute approximate surface area is 95.1 Å². The third-order valence-corrected chi connectivity index (χ3v) is 2.81. The number of thiazole rings is 1. The van der Waals surface area contributed by atoms with Crippen molar-refractivity contribution >= 4 is 28.2 Å². The van der Waals surface area contributed by atoms with Gasteiger partial charge in [-0.3, -0.25) is 9.59 Å². The van der Waals surface area contributed by atoms with E-state index in [0.717, 1.165) is 11.3 Å². The van der Waals surface area contributed by atoms with Gasteiger partial charge < -0.3 is 5.32 Å². The molecule has 16 heavy (non-hydrogen) atoms. The van der Waals surface area contributed by atoms with Gasteiger partial charge in [0.1, 0.15) is 6.54 Å². The number of hydrogen-bond donors (Lipinski definition) is 1. The molecule has 1 heterocycles. The van der Waals surface area contributed by atoms with E-state index in [1.807, 2.05) is 0 Å². The molecular weight excluding hydrogens is 230 g/mol. The Bertz CT molecular complexity index is 475. The summed E-state index contributed by atoms with van der Waals surface area (Å²) in [5, 5.41) is 5.89. The minimum absolute atomic E-state index is 0.0921. The second-order valence-corrected chi connectivity index (χ2v) is 3.93. The molecule has 0 atom stereocenters. The van der Waals surface area contributed by atoms with Crippen molar-refractivity contribution in [2.45, 2.75) is 13.8 Å². The molecule has 8 heteroatoms. The van der Waals surface area contributed by atoms with Gasteiger partial charge in [0.2, 0.25) is 5.91 Å². The van der Waals surface area contributed by atoms with Crippen molar-refractivity contribution in [3.05, 3.63) is 21.0 Å². The second kappa shape index (κ2) is 5.24. The van der Waals surface area contributed by atoms with Crippen molar-refractivity contribution in [2.24, 2.45) is 5.11 Å². The summed E-state index contributed by atoms with van der Waals surface area (Å²) < 4.78 is 0. The Morgan fingerprint density at radius 3 is 2.81 bits per heavy atom. The van der Waals surface area contributed by atoms with Gasteiger partial charge in [-0.2, -0.15) is 0 Å². The number of hydrogen-bond acceptors (Lipinski definition) is 5. The largest absolute Gasteiger partial charge is 0.302 e. The summed E-state index contributed by atoms with van der Waals surface area (Å²) in [4.78, 5) is 29.3. The van der Waals surface area contributed by atoms with Crippen LogP contribution in [-0.4, -0.2) is 23.2 Å². The minimum Gasteiger partial charge on any atom is -0.302 e. The molecule has 0 saturated carbocycles. The summed E-state index contributed by atoms with van der Waals surface area (Å²) in [6, 6.07) is 0. The van der Waals surface area contributed by atoms with Crippen molar-refractivity contribution in [2.75, 3.05) is 11.9 Å².